The highest BCUT2D eigenvalue weighted by atomic mass is 79.9. The van der Waals surface area contributed by atoms with E-state index in [0.717, 1.165) is 31.4 Å². The number of aliphatic hydroxyl groups is 1. The van der Waals surface area contributed by atoms with E-state index in [4.69, 9.17) is 4.42 Å². The molecule has 1 atom stereocenters. The van der Waals surface area contributed by atoms with Crippen molar-refractivity contribution >= 4 is 31.9 Å². The Morgan fingerprint density at radius 3 is 2.41 bits per heavy atom. The first-order valence-electron chi connectivity index (χ1n) is 5.18. The van der Waals surface area contributed by atoms with Crippen LogP contribution in [0.4, 0.5) is 0 Å². The van der Waals surface area contributed by atoms with E-state index < -0.39 is 6.10 Å². The second-order valence-electron chi connectivity index (χ2n) is 3.96. The summed E-state index contributed by atoms with van der Waals surface area (Å²) in [5.41, 5.74) is 2.74. The number of hydrogen-bond acceptors (Lipinski definition) is 2. The van der Waals surface area contributed by atoms with Crippen molar-refractivity contribution < 1.29 is 9.52 Å². The van der Waals surface area contributed by atoms with Gasteiger partial charge in [-0.1, -0.05) is 31.9 Å². The number of halogens is 2. The van der Waals surface area contributed by atoms with Gasteiger partial charge < -0.3 is 9.52 Å². The van der Waals surface area contributed by atoms with Gasteiger partial charge in [0.1, 0.15) is 11.9 Å². The zero-order valence-corrected chi connectivity index (χ0v) is 12.7. The molecule has 2 aromatic rings. The minimum absolute atomic E-state index is 0.681. The number of aryl methyl sites for hydroxylation is 2. The molecule has 17 heavy (non-hydrogen) atoms. The van der Waals surface area contributed by atoms with Crippen LogP contribution in [0.1, 0.15) is 28.6 Å². The minimum atomic E-state index is -0.681. The van der Waals surface area contributed by atoms with Gasteiger partial charge in [-0.05, 0) is 37.6 Å². The maximum Gasteiger partial charge on any atom is 0.109 e. The highest BCUT2D eigenvalue weighted by molar-refractivity contribution is 9.11. The fraction of sp³-hybridized carbons (Fsp3) is 0.231. The molecule has 0 radical (unpaired) electrons. The standard InChI is InChI=1S/C13H12Br2O2/c1-7-5-12(15)10(6-11(7)14)13(16)9-3-4-17-8(9)2/h3-6,13,16H,1-2H3. The summed E-state index contributed by atoms with van der Waals surface area (Å²) < 4.78 is 7.09. The van der Waals surface area contributed by atoms with Crippen LogP contribution in [0.5, 0.6) is 0 Å². The van der Waals surface area contributed by atoms with Gasteiger partial charge in [-0.2, -0.15) is 0 Å². The van der Waals surface area contributed by atoms with E-state index in [9.17, 15) is 5.11 Å². The van der Waals surface area contributed by atoms with Crippen molar-refractivity contribution in [3.05, 3.63) is 55.9 Å². The highest BCUT2D eigenvalue weighted by Gasteiger charge is 2.18. The quantitative estimate of drug-likeness (QED) is 0.856. The van der Waals surface area contributed by atoms with Crippen molar-refractivity contribution in [1.29, 1.82) is 0 Å². The van der Waals surface area contributed by atoms with Crippen LogP contribution in [-0.2, 0) is 0 Å². The van der Waals surface area contributed by atoms with Gasteiger partial charge in [0.25, 0.3) is 0 Å². The predicted octanol–water partition coefficient (Wildman–Crippen LogP) is 4.50. The molecule has 0 bridgehead atoms. The molecule has 2 rings (SSSR count). The van der Waals surface area contributed by atoms with E-state index in [1.54, 1.807) is 12.3 Å². The number of hydrogen-bond donors (Lipinski definition) is 1. The molecule has 0 aliphatic heterocycles. The molecule has 1 N–H and O–H groups in total. The molecular weight excluding hydrogens is 348 g/mol. The molecule has 0 aliphatic rings. The molecule has 1 aromatic carbocycles. The number of rotatable bonds is 2. The van der Waals surface area contributed by atoms with E-state index in [0.29, 0.717) is 0 Å². The summed E-state index contributed by atoms with van der Waals surface area (Å²) >= 11 is 6.96. The lowest BCUT2D eigenvalue weighted by Crippen LogP contribution is -2.01. The van der Waals surface area contributed by atoms with Crippen molar-refractivity contribution in [1.82, 2.24) is 0 Å². The van der Waals surface area contributed by atoms with Crippen molar-refractivity contribution in [2.75, 3.05) is 0 Å². The third-order valence-electron chi connectivity index (χ3n) is 2.77. The van der Waals surface area contributed by atoms with Gasteiger partial charge in [0.2, 0.25) is 0 Å². The Hall–Kier alpha value is -0.580. The third kappa shape index (κ3) is 2.49. The predicted molar refractivity (Wildman–Crippen MR) is 74.1 cm³/mol. The Kier molecular flexibility index (Phi) is 3.76. The van der Waals surface area contributed by atoms with Gasteiger partial charge in [-0.15, -0.1) is 0 Å². The second-order valence-corrected chi connectivity index (χ2v) is 5.67. The summed E-state index contributed by atoms with van der Waals surface area (Å²) in [6.07, 6.45) is 0.908. The molecule has 4 heteroatoms. The fourth-order valence-electron chi connectivity index (χ4n) is 1.72. The third-order valence-corrected chi connectivity index (χ3v) is 4.31. The first kappa shape index (κ1) is 12.9. The van der Waals surface area contributed by atoms with Crippen LogP contribution in [-0.4, -0.2) is 5.11 Å². The monoisotopic (exact) mass is 358 g/mol. The van der Waals surface area contributed by atoms with Crippen LogP contribution in [0.25, 0.3) is 0 Å². The van der Waals surface area contributed by atoms with Gasteiger partial charge in [-0.3, -0.25) is 0 Å². The van der Waals surface area contributed by atoms with E-state index >= 15 is 0 Å². The second kappa shape index (κ2) is 4.96. The molecular formula is C13H12Br2O2. The Morgan fingerprint density at radius 2 is 1.82 bits per heavy atom. The molecule has 1 unspecified atom stereocenters. The van der Waals surface area contributed by atoms with Crippen LogP contribution in [0, 0.1) is 13.8 Å². The van der Waals surface area contributed by atoms with Crippen molar-refractivity contribution in [3.8, 4) is 0 Å². The van der Waals surface area contributed by atoms with E-state index in [-0.39, 0.29) is 0 Å². The summed E-state index contributed by atoms with van der Waals surface area (Å²) in [5.74, 6) is 0.737. The first-order valence-corrected chi connectivity index (χ1v) is 6.77. The molecule has 90 valence electrons. The zero-order valence-electron chi connectivity index (χ0n) is 9.50. The van der Waals surface area contributed by atoms with Crippen LogP contribution in [0.2, 0.25) is 0 Å². The summed E-state index contributed by atoms with van der Waals surface area (Å²) in [5, 5.41) is 10.3. The molecule has 0 saturated heterocycles. The topological polar surface area (TPSA) is 33.4 Å². The number of aliphatic hydroxyl groups excluding tert-OH is 1. The molecule has 0 amide bonds. The number of benzene rings is 1. The molecule has 2 nitrogen and oxygen atoms in total. The average molecular weight is 360 g/mol. The zero-order chi connectivity index (χ0) is 12.6. The van der Waals surface area contributed by atoms with E-state index in [1.807, 2.05) is 26.0 Å². The van der Waals surface area contributed by atoms with Gasteiger partial charge in [0, 0.05) is 20.1 Å². The summed E-state index contributed by atoms with van der Waals surface area (Å²) in [7, 11) is 0. The van der Waals surface area contributed by atoms with Crippen LogP contribution in [0.3, 0.4) is 0 Å². The minimum Gasteiger partial charge on any atom is -0.469 e. The molecule has 0 saturated carbocycles. The Balaban J connectivity index is 2.48. The first-order chi connectivity index (χ1) is 8.00. The van der Waals surface area contributed by atoms with Gasteiger partial charge in [-0.25, -0.2) is 0 Å². The van der Waals surface area contributed by atoms with Crippen LogP contribution < -0.4 is 0 Å². The smallest absolute Gasteiger partial charge is 0.109 e. The summed E-state index contributed by atoms with van der Waals surface area (Å²) in [6.45, 7) is 3.85. The summed E-state index contributed by atoms with van der Waals surface area (Å²) in [6, 6.07) is 5.70. The molecule has 0 aliphatic carbocycles. The lowest BCUT2D eigenvalue weighted by Gasteiger charge is -2.14. The van der Waals surface area contributed by atoms with Crippen molar-refractivity contribution in [2.45, 2.75) is 20.0 Å². The largest absolute Gasteiger partial charge is 0.469 e. The van der Waals surface area contributed by atoms with Gasteiger partial charge in [0.05, 0.1) is 6.26 Å². The van der Waals surface area contributed by atoms with E-state index in [1.165, 1.54) is 0 Å². The normalized spacial score (nSPS) is 12.8. The molecule has 1 aromatic heterocycles. The lowest BCUT2D eigenvalue weighted by molar-refractivity contribution is 0.217. The van der Waals surface area contributed by atoms with Crippen molar-refractivity contribution in [2.24, 2.45) is 0 Å². The van der Waals surface area contributed by atoms with Crippen LogP contribution in [0.15, 0.2) is 37.8 Å². The number of furan rings is 1. The molecule has 1 heterocycles. The fourth-order valence-corrected chi connectivity index (χ4v) is 2.75. The maximum absolute atomic E-state index is 10.3. The lowest BCUT2D eigenvalue weighted by atomic mass is 10.0. The highest BCUT2D eigenvalue weighted by Crippen LogP contribution is 2.34. The average Bonchev–Trinajstić information content (AvgIpc) is 2.69. The Labute approximate surface area is 117 Å². The SMILES string of the molecule is Cc1cc(Br)c(C(O)c2ccoc2C)cc1Br. The maximum atomic E-state index is 10.3. The van der Waals surface area contributed by atoms with Gasteiger partial charge in [0.15, 0.2) is 0 Å². The molecule has 0 spiro atoms. The Morgan fingerprint density at radius 1 is 1.12 bits per heavy atom. The molecule has 0 fully saturated rings. The van der Waals surface area contributed by atoms with Crippen LogP contribution >= 0.6 is 31.9 Å². The summed E-state index contributed by atoms with van der Waals surface area (Å²) in [4.78, 5) is 0. The Bertz CT molecular complexity index is 546. The van der Waals surface area contributed by atoms with E-state index in [2.05, 4.69) is 31.9 Å². The van der Waals surface area contributed by atoms with Crippen molar-refractivity contribution in [3.63, 3.8) is 0 Å². The van der Waals surface area contributed by atoms with Gasteiger partial charge >= 0.3 is 0 Å².